The Bertz CT molecular complexity index is 500. The number of benzene rings is 1. The molecule has 1 heterocycles. The molecule has 0 fully saturated rings. The van der Waals surface area contributed by atoms with Crippen LogP contribution in [0.5, 0.6) is 0 Å². The number of nitrogens with two attached hydrogens (primary N) is 1. The van der Waals surface area contributed by atoms with Gasteiger partial charge in [-0.15, -0.1) is 0 Å². The number of pyridine rings is 1. The summed E-state index contributed by atoms with van der Waals surface area (Å²) in [5.41, 5.74) is 7.34. The van der Waals surface area contributed by atoms with Crippen molar-refractivity contribution in [1.82, 2.24) is 4.98 Å². The Labute approximate surface area is 94.1 Å². The molecule has 0 saturated carbocycles. The lowest BCUT2D eigenvalue weighted by atomic mass is 9.96. The molecule has 15 heavy (non-hydrogen) atoms. The summed E-state index contributed by atoms with van der Waals surface area (Å²) in [4.78, 5) is 4.33. The first-order valence-corrected chi connectivity index (χ1v) is 5.21. The van der Waals surface area contributed by atoms with Gasteiger partial charge in [0.1, 0.15) is 5.15 Å². The Kier molecular flexibility index (Phi) is 2.41. The average molecular weight is 221 g/mol. The number of para-hydroxylation sites is 1. The quantitative estimate of drug-likeness (QED) is 0.751. The van der Waals surface area contributed by atoms with Crippen LogP contribution in [0.3, 0.4) is 0 Å². The second-order valence-electron chi connectivity index (χ2n) is 4.24. The molecule has 0 amide bonds. The third-order valence-corrected chi connectivity index (χ3v) is 2.66. The molecule has 78 valence electrons. The zero-order chi connectivity index (χ0) is 11.1. The second kappa shape index (κ2) is 3.47. The molecule has 2 nitrogen and oxygen atoms in total. The summed E-state index contributed by atoms with van der Waals surface area (Å²) in [6, 6.07) is 9.87. The monoisotopic (exact) mass is 220 g/mol. The van der Waals surface area contributed by atoms with Gasteiger partial charge in [-0.2, -0.15) is 0 Å². The van der Waals surface area contributed by atoms with Gasteiger partial charge in [-0.25, -0.2) is 4.98 Å². The SMILES string of the molecule is CC(C)(N)c1cc2ccccc2nc1Cl. The van der Waals surface area contributed by atoms with Gasteiger partial charge < -0.3 is 5.73 Å². The standard InChI is InChI=1S/C12H13ClN2/c1-12(2,14)9-7-8-5-3-4-6-10(8)15-11(9)13/h3-7H,14H2,1-2H3. The van der Waals surface area contributed by atoms with E-state index >= 15 is 0 Å². The van der Waals surface area contributed by atoms with Crippen LogP contribution >= 0.6 is 11.6 Å². The van der Waals surface area contributed by atoms with Crippen molar-refractivity contribution in [3.63, 3.8) is 0 Å². The molecule has 0 radical (unpaired) electrons. The summed E-state index contributed by atoms with van der Waals surface area (Å²) in [6.07, 6.45) is 0. The molecule has 0 bridgehead atoms. The summed E-state index contributed by atoms with van der Waals surface area (Å²) in [5, 5.41) is 1.55. The Morgan fingerprint density at radius 1 is 1.27 bits per heavy atom. The highest BCUT2D eigenvalue weighted by Crippen LogP contribution is 2.27. The van der Waals surface area contributed by atoms with Gasteiger partial charge in [-0.05, 0) is 26.0 Å². The van der Waals surface area contributed by atoms with E-state index in [1.165, 1.54) is 0 Å². The third-order valence-electron chi connectivity index (χ3n) is 2.37. The minimum Gasteiger partial charge on any atom is -0.322 e. The van der Waals surface area contributed by atoms with Crippen molar-refractivity contribution < 1.29 is 0 Å². The van der Waals surface area contributed by atoms with Crippen molar-refractivity contribution in [1.29, 1.82) is 0 Å². The van der Waals surface area contributed by atoms with Gasteiger partial charge in [0, 0.05) is 16.5 Å². The molecule has 0 spiro atoms. The molecule has 1 aromatic heterocycles. The van der Waals surface area contributed by atoms with E-state index in [0.717, 1.165) is 16.5 Å². The Balaban J connectivity index is 2.73. The molecule has 2 aromatic rings. The molecule has 0 saturated heterocycles. The number of halogens is 1. The predicted molar refractivity (Wildman–Crippen MR) is 64.0 cm³/mol. The topological polar surface area (TPSA) is 38.9 Å². The molecule has 0 atom stereocenters. The molecular weight excluding hydrogens is 208 g/mol. The predicted octanol–water partition coefficient (Wildman–Crippen LogP) is 3.08. The van der Waals surface area contributed by atoms with E-state index in [9.17, 15) is 0 Å². The zero-order valence-corrected chi connectivity index (χ0v) is 9.55. The smallest absolute Gasteiger partial charge is 0.134 e. The number of hydrogen-bond acceptors (Lipinski definition) is 2. The van der Waals surface area contributed by atoms with Crippen molar-refractivity contribution in [2.45, 2.75) is 19.4 Å². The van der Waals surface area contributed by atoms with E-state index in [0.29, 0.717) is 5.15 Å². The Morgan fingerprint density at radius 2 is 1.93 bits per heavy atom. The molecular formula is C12H13ClN2. The Morgan fingerprint density at radius 3 is 2.60 bits per heavy atom. The molecule has 0 aliphatic rings. The van der Waals surface area contributed by atoms with E-state index in [4.69, 9.17) is 17.3 Å². The largest absolute Gasteiger partial charge is 0.322 e. The zero-order valence-electron chi connectivity index (χ0n) is 8.79. The summed E-state index contributed by atoms with van der Waals surface area (Å²) in [7, 11) is 0. The van der Waals surface area contributed by atoms with Crippen LogP contribution in [0.1, 0.15) is 19.4 Å². The maximum Gasteiger partial charge on any atom is 0.134 e. The van der Waals surface area contributed by atoms with E-state index < -0.39 is 5.54 Å². The summed E-state index contributed by atoms with van der Waals surface area (Å²) >= 11 is 6.10. The first-order chi connectivity index (χ1) is 6.98. The minimum absolute atomic E-state index is 0.464. The molecule has 2 N–H and O–H groups in total. The van der Waals surface area contributed by atoms with Crippen LogP contribution in [0.15, 0.2) is 30.3 Å². The number of aromatic nitrogens is 1. The van der Waals surface area contributed by atoms with E-state index in [-0.39, 0.29) is 0 Å². The molecule has 2 rings (SSSR count). The maximum absolute atomic E-state index is 6.10. The van der Waals surface area contributed by atoms with Crippen LogP contribution < -0.4 is 5.73 Å². The average Bonchev–Trinajstić information content (AvgIpc) is 2.15. The van der Waals surface area contributed by atoms with E-state index in [1.54, 1.807) is 0 Å². The highest BCUT2D eigenvalue weighted by atomic mass is 35.5. The molecule has 0 aliphatic heterocycles. The molecule has 0 unspecified atom stereocenters. The van der Waals surface area contributed by atoms with E-state index in [1.807, 2.05) is 44.2 Å². The second-order valence-corrected chi connectivity index (χ2v) is 4.60. The van der Waals surface area contributed by atoms with Crippen molar-refractivity contribution in [3.05, 3.63) is 41.0 Å². The van der Waals surface area contributed by atoms with Crippen molar-refractivity contribution >= 4 is 22.5 Å². The lowest BCUT2D eigenvalue weighted by Gasteiger charge is -2.20. The summed E-state index contributed by atoms with van der Waals surface area (Å²) in [5.74, 6) is 0. The molecule has 3 heteroatoms. The van der Waals surface area contributed by atoms with Crippen LogP contribution in [0, 0.1) is 0 Å². The summed E-state index contributed by atoms with van der Waals surface area (Å²) in [6.45, 7) is 3.84. The van der Waals surface area contributed by atoms with Gasteiger partial charge in [0.25, 0.3) is 0 Å². The van der Waals surface area contributed by atoms with Crippen LogP contribution in [0.4, 0.5) is 0 Å². The highest BCUT2D eigenvalue weighted by Gasteiger charge is 2.19. The van der Waals surface area contributed by atoms with Gasteiger partial charge in [0.2, 0.25) is 0 Å². The van der Waals surface area contributed by atoms with Crippen LogP contribution in [-0.4, -0.2) is 4.98 Å². The Hall–Kier alpha value is -1.12. The minimum atomic E-state index is -0.464. The number of hydrogen-bond donors (Lipinski definition) is 1. The van der Waals surface area contributed by atoms with Gasteiger partial charge in [-0.3, -0.25) is 0 Å². The lowest BCUT2D eigenvalue weighted by Crippen LogP contribution is -2.29. The number of fused-ring (bicyclic) bond motifs is 1. The van der Waals surface area contributed by atoms with Crippen molar-refractivity contribution in [2.75, 3.05) is 0 Å². The third kappa shape index (κ3) is 1.96. The van der Waals surface area contributed by atoms with Gasteiger partial charge in [0.15, 0.2) is 0 Å². The normalized spacial score (nSPS) is 12.0. The maximum atomic E-state index is 6.10. The fraction of sp³-hybridized carbons (Fsp3) is 0.250. The first kappa shape index (κ1) is 10.4. The highest BCUT2D eigenvalue weighted by molar-refractivity contribution is 6.30. The van der Waals surface area contributed by atoms with Crippen molar-refractivity contribution in [2.24, 2.45) is 5.73 Å². The summed E-state index contributed by atoms with van der Waals surface area (Å²) < 4.78 is 0. The van der Waals surface area contributed by atoms with Crippen LogP contribution in [0.2, 0.25) is 5.15 Å². The van der Waals surface area contributed by atoms with Gasteiger partial charge >= 0.3 is 0 Å². The van der Waals surface area contributed by atoms with Crippen LogP contribution in [0.25, 0.3) is 10.9 Å². The fourth-order valence-electron chi connectivity index (χ4n) is 1.54. The number of rotatable bonds is 1. The van der Waals surface area contributed by atoms with Crippen LogP contribution in [-0.2, 0) is 5.54 Å². The fourth-order valence-corrected chi connectivity index (χ4v) is 1.93. The van der Waals surface area contributed by atoms with E-state index in [2.05, 4.69) is 4.98 Å². The van der Waals surface area contributed by atoms with Gasteiger partial charge in [0.05, 0.1) is 5.52 Å². The van der Waals surface area contributed by atoms with Crippen molar-refractivity contribution in [3.8, 4) is 0 Å². The molecule has 0 aliphatic carbocycles. The number of nitrogens with zero attached hydrogens (tertiary/aromatic N) is 1. The molecule has 1 aromatic carbocycles. The first-order valence-electron chi connectivity index (χ1n) is 4.83. The van der Waals surface area contributed by atoms with Gasteiger partial charge in [-0.1, -0.05) is 29.8 Å². The lowest BCUT2D eigenvalue weighted by molar-refractivity contribution is 0.553.